The number of rotatable bonds is 8. The van der Waals surface area contributed by atoms with E-state index in [1.165, 1.54) is 13.2 Å². The van der Waals surface area contributed by atoms with Crippen molar-refractivity contribution in [1.82, 2.24) is 10.6 Å². The molecular weight excluding hydrogens is 314 g/mol. The summed E-state index contributed by atoms with van der Waals surface area (Å²) >= 11 is 0. The number of nitrogens with one attached hydrogen (secondary N) is 3. The van der Waals surface area contributed by atoms with Crippen molar-refractivity contribution in [2.75, 3.05) is 19.0 Å². The van der Waals surface area contributed by atoms with Crippen LogP contribution in [0, 0.1) is 0 Å². The Morgan fingerprint density at radius 1 is 1.33 bits per heavy atom. The Labute approximate surface area is 139 Å². The molecule has 1 aliphatic carbocycles. The number of methoxy groups -OCH3 is 1. The molecule has 0 aromatic heterocycles. The van der Waals surface area contributed by atoms with Gasteiger partial charge < -0.3 is 25.8 Å². The van der Waals surface area contributed by atoms with Crippen LogP contribution in [0.4, 0.5) is 10.5 Å². The molecule has 8 nitrogen and oxygen atoms in total. The molecule has 0 heterocycles. The van der Waals surface area contributed by atoms with Gasteiger partial charge in [0.1, 0.15) is 6.04 Å². The highest BCUT2D eigenvalue weighted by molar-refractivity contribution is 5.98. The first-order valence-electron chi connectivity index (χ1n) is 7.70. The Morgan fingerprint density at radius 3 is 2.71 bits per heavy atom. The maximum Gasteiger partial charge on any atom is 0.326 e. The molecule has 4 N–H and O–H groups in total. The quantitative estimate of drug-likeness (QED) is 0.569. The van der Waals surface area contributed by atoms with Crippen LogP contribution in [0.2, 0.25) is 0 Å². The van der Waals surface area contributed by atoms with Crippen LogP contribution in [-0.2, 0) is 9.53 Å². The summed E-state index contributed by atoms with van der Waals surface area (Å²) in [5, 5.41) is 17.0. The number of carboxylic acids is 1. The Morgan fingerprint density at radius 2 is 2.08 bits per heavy atom. The smallest absolute Gasteiger partial charge is 0.326 e. The van der Waals surface area contributed by atoms with E-state index in [0.29, 0.717) is 5.69 Å². The fraction of sp³-hybridized carbons (Fsp3) is 0.438. The van der Waals surface area contributed by atoms with Gasteiger partial charge in [0, 0.05) is 37.4 Å². The average molecular weight is 335 g/mol. The number of amides is 3. The van der Waals surface area contributed by atoms with Gasteiger partial charge in [-0.05, 0) is 31.0 Å². The van der Waals surface area contributed by atoms with Crippen molar-refractivity contribution in [1.29, 1.82) is 0 Å². The number of carbonyl (C=O) groups excluding carboxylic acids is 2. The van der Waals surface area contributed by atoms with Crippen LogP contribution in [-0.4, -0.2) is 48.8 Å². The summed E-state index contributed by atoms with van der Waals surface area (Å²) in [6.45, 7) is 0.222. The monoisotopic (exact) mass is 335 g/mol. The highest BCUT2D eigenvalue weighted by atomic mass is 16.5. The van der Waals surface area contributed by atoms with E-state index in [1.54, 1.807) is 18.2 Å². The standard InChI is InChI=1S/C16H21N3O5/c1-24-8-7-13(15(21)22)19-14(20)10-3-2-4-12(9-10)18-16(23)17-11-5-6-11/h2-4,9,11,13H,5-8H2,1H3,(H,19,20)(H,21,22)(H2,17,18,23). The zero-order chi connectivity index (χ0) is 17.5. The lowest BCUT2D eigenvalue weighted by atomic mass is 10.1. The lowest BCUT2D eigenvalue weighted by Crippen LogP contribution is -2.41. The second-order valence-electron chi connectivity index (χ2n) is 5.60. The molecule has 0 aliphatic heterocycles. The van der Waals surface area contributed by atoms with Crippen molar-refractivity contribution in [3.63, 3.8) is 0 Å². The van der Waals surface area contributed by atoms with Gasteiger partial charge in [0.05, 0.1) is 0 Å². The topological polar surface area (TPSA) is 117 Å². The molecule has 2 rings (SSSR count). The van der Waals surface area contributed by atoms with Gasteiger partial charge >= 0.3 is 12.0 Å². The minimum absolute atomic E-state index is 0.166. The second-order valence-corrected chi connectivity index (χ2v) is 5.60. The van der Waals surface area contributed by atoms with Crippen molar-refractivity contribution >= 4 is 23.6 Å². The molecule has 8 heteroatoms. The van der Waals surface area contributed by atoms with E-state index in [9.17, 15) is 14.4 Å². The molecule has 1 aromatic rings. The highest BCUT2D eigenvalue weighted by Gasteiger charge is 2.23. The van der Waals surface area contributed by atoms with Gasteiger partial charge in [0.15, 0.2) is 0 Å². The fourth-order valence-corrected chi connectivity index (χ4v) is 2.05. The van der Waals surface area contributed by atoms with Crippen LogP contribution >= 0.6 is 0 Å². The molecule has 24 heavy (non-hydrogen) atoms. The number of hydrogen-bond donors (Lipinski definition) is 4. The highest BCUT2D eigenvalue weighted by Crippen LogP contribution is 2.19. The van der Waals surface area contributed by atoms with Gasteiger partial charge in [0.25, 0.3) is 5.91 Å². The molecule has 1 aliphatic rings. The molecule has 1 aromatic carbocycles. The van der Waals surface area contributed by atoms with E-state index in [1.807, 2.05) is 0 Å². The predicted octanol–water partition coefficient (Wildman–Crippen LogP) is 1.19. The number of carboxylic acid groups (broad SMARTS) is 1. The van der Waals surface area contributed by atoms with E-state index in [-0.39, 0.29) is 30.7 Å². The van der Waals surface area contributed by atoms with Crippen LogP contribution in [0.3, 0.4) is 0 Å². The number of benzene rings is 1. The van der Waals surface area contributed by atoms with Gasteiger partial charge in [-0.15, -0.1) is 0 Å². The van der Waals surface area contributed by atoms with E-state index >= 15 is 0 Å². The van der Waals surface area contributed by atoms with Gasteiger partial charge in [0.2, 0.25) is 0 Å². The average Bonchev–Trinajstić information content (AvgIpc) is 3.34. The van der Waals surface area contributed by atoms with Crippen molar-refractivity contribution in [3.05, 3.63) is 29.8 Å². The molecule has 0 bridgehead atoms. The summed E-state index contributed by atoms with van der Waals surface area (Å²) < 4.78 is 4.84. The number of anilines is 1. The van der Waals surface area contributed by atoms with Crippen molar-refractivity contribution in [2.45, 2.75) is 31.3 Å². The zero-order valence-corrected chi connectivity index (χ0v) is 13.4. The Hall–Kier alpha value is -2.61. The van der Waals surface area contributed by atoms with Crippen LogP contribution in [0.1, 0.15) is 29.6 Å². The Balaban J connectivity index is 1.96. The van der Waals surface area contributed by atoms with Crippen LogP contribution in [0.5, 0.6) is 0 Å². The third-order valence-corrected chi connectivity index (χ3v) is 3.51. The molecule has 0 radical (unpaired) electrons. The third-order valence-electron chi connectivity index (χ3n) is 3.51. The maximum atomic E-state index is 12.2. The van der Waals surface area contributed by atoms with Crippen LogP contribution in [0.15, 0.2) is 24.3 Å². The van der Waals surface area contributed by atoms with Gasteiger partial charge in [-0.2, -0.15) is 0 Å². The van der Waals surface area contributed by atoms with Gasteiger partial charge in [-0.3, -0.25) is 4.79 Å². The Bertz CT molecular complexity index is 615. The summed E-state index contributed by atoms with van der Waals surface area (Å²) in [4.78, 5) is 35.1. The maximum absolute atomic E-state index is 12.2. The SMILES string of the molecule is COCCC(NC(=O)c1cccc(NC(=O)NC2CC2)c1)C(=O)O. The normalized spacial score (nSPS) is 14.5. The first kappa shape index (κ1) is 17.7. The third kappa shape index (κ3) is 5.54. The summed E-state index contributed by atoms with van der Waals surface area (Å²) in [5.41, 5.74) is 0.729. The lowest BCUT2D eigenvalue weighted by molar-refractivity contribution is -0.139. The minimum Gasteiger partial charge on any atom is -0.480 e. The van der Waals surface area contributed by atoms with Crippen LogP contribution < -0.4 is 16.0 Å². The number of carbonyl (C=O) groups is 3. The number of aliphatic carboxylic acids is 1. The molecule has 130 valence electrons. The van der Waals surface area contributed by atoms with Gasteiger partial charge in [-0.1, -0.05) is 6.07 Å². The van der Waals surface area contributed by atoms with E-state index < -0.39 is 17.9 Å². The molecule has 0 spiro atoms. The molecule has 1 unspecified atom stereocenters. The largest absolute Gasteiger partial charge is 0.480 e. The molecular formula is C16H21N3O5. The fourth-order valence-electron chi connectivity index (χ4n) is 2.05. The lowest BCUT2D eigenvalue weighted by Gasteiger charge is -2.14. The first-order valence-corrected chi connectivity index (χ1v) is 7.70. The van der Waals surface area contributed by atoms with Crippen LogP contribution in [0.25, 0.3) is 0 Å². The van der Waals surface area contributed by atoms with Crippen molar-refractivity contribution in [2.24, 2.45) is 0 Å². The molecule has 1 atom stereocenters. The minimum atomic E-state index is -1.13. The number of urea groups is 1. The second kappa shape index (κ2) is 8.30. The van der Waals surface area contributed by atoms with E-state index in [0.717, 1.165) is 12.8 Å². The summed E-state index contributed by atoms with van der Waals surface area (Å²) in [7, 11) is 1.46. The van der Waals surface area contributed by atoms with Gasteiger partial charge in [-0.25, -0.2) is 9.59 Å². The molecule has 3 amide bonds. The number of hydrogen-bond acceptors (Lipinski definition) is 4. The summed E-state index contributed by atoms with van der Waals surface area (Å²) in [6, 6.07) is 5.19. The Kier molecular flexibility index (Phi) is 6.14. The predicted molar refractivity (Wildman–Crippen MR) is 87.0 cm³/mol. The first-order chi connectivity index (χ1) is 11.5. The zero-order valence-electron chi connectivity index (χ0n) is 13.4. The molecule has 1 saturated carbocycles. The van der Waals surface area contributed by atoms with E-state index in [4.69, 9.17) is 9.84 Å². The summed E-state index contributed by atoms with van der Waals surface area (Å²) in [5.74, 6) is -1.65. The number of ether oxygens (including phenoxy) is 1. The molecule has 0 saturated heterocycles. The molecule has 1 fully saturated rings. The summed E-state index contributed by atoms with van der Waals surface area (Å²) in [6.07, 6.45) is 2.13. The van der Waals surface area contributed by atoms with Crippen molar-refractivity contribution < 1.29 is 24.2 Å². The van der Waals surface area contributed by atoms with E-state index in [2.05, 4.69) is 16.0 Å². The van der Waals surface area contributed by atoms with Crippen molar-refractivity contribution in [3.8, 4) is 0 Å².